The molecule has 0 N–H and O–H groups in total. The van der Waals surface area contributed by atoms with Crippen LogP contribution in [-0.4, -0.2) is 5.78 Å². The quantitative estimate of drug-likeness (QED) is 0.431. The third-order valence-corrected chi connectivity index (χ3v) is 5.49. The fraction of sp³-hybridized carbons (Fsp3) is 0.125. The summed E-state index contributed by atoms with van der Waals surface area (Å²) in [6, 6.07) is 16.7. The zero-order valence-electron chi connectivity index (χ0n) is 16.0. The molecule has 1 heterocycles. The lowest BCUT2D eigenvalue weighted by atomic mass is 10.1. The summed E-state index contributed by atoms with van der Waals surface area (Å²) in [4.78, 5) is 12.8. The molecule has 146 valence electrons. The van der Waals surface area contributed by atoms with E-state index in [9.17, 15) is 4.79 Å². The Morgan fingerprint density at radius 1 is 1.03 bits per heavy atom. The van der Waals surface area contributed by atoms with Gasteiger partial charge >= 0.3 is 0 Å². The van der Waals surface area contributed by atoms with E-state index < -0.39 is 0 Å². The molecule has 1 aliphatic heterocycles. The van der Waals surface area contributed by atoms with E-state index in [1.807, 2.05) is 31.2 Å². The summed E-state index contributed by atoms with van der Waals surface area (Å²) in [7, 11) is 0. The third-order valence-electron chi connectivity index (χ3n) is 4.93. The maximum absolute atomic E-state index is 12.8. The van der Waals surface area contributed by atoms with Crippen molar-refractivity contribution < 1.29 is 14.3 Å². The average Bonchev–Trinajstić information content (AvgIpc) is 3.01. The van der Waals surface area contributed by atoms with E-state index in [4.69, 9.17) is 32.7 Å². The van der Waals surface area contributed by atoms with E-state index >= 15 is 0 Å². The minimum atomic E-state index is -0.181. The van der Waals surface area contributed by atoms with Crippen molar-refractivity contribution in [3.05, 3.63) is 98.2 Å². The Kier molecular flexibility index (Phi) is 5.35. The van der Waals surface area contributed by atoms with Crippen molar-refractivity contribution in [3.63, 3.8) is 0 Å². The molecule has 0 aliphatic carbocycles. The Bertz CT molecular complexity index is 1150. The van der Waals surface area contributed by atoms with Crippen LogP contribution in [0.2, 0.25) is 10.0 Å². The van der Waals surface area contributed by atoms with Crippen LogP contribution in [0.25, 0.3) is 6.08 Å². The number of carbonyl (C=O) groups excluding carboxylic acids is 1. The van der Waals surface area contributed by atoms with E-state index in [1.54, 1.807) is 30.3 Å². The molecule has 0 aromatic heterocycles. The first-order valence-electron chi connectivity index (χ1n) is 9.14. The van der Waals surface area contributed by atoms with Crippen LogP contribution in [0, 0.1) is 13.8 Å². The molecule has 0 bridgehead atoms. The van der Waals surface area contributed by atoms with Crippen LogP contribution in [0.4, 0.5) is 0 Å². The van der Waals surface area contributed by atoms with Gasteiger partial charge in [0.25, 0.3) is 0 Å². The molecule has 0 saturated heterocycles. The van der Waals surface area contributed by atoms with E-state index in [0.717, 1.165) is 11.1 Å². The highest BCUT2D eigenvalue weighted by Gasteiger charge is 2.30. The van der Waals surface area contributed by atoms with Crippen molar-refractivity contribution in [1.29, 1.82) is 0 Å². The molecule has 0 radical (unpaired) electrons. The molecule has 0 fully saturated rings. The number of aryl methyl sites for hydroxylation is 1. The summed E-state index contributed by atoms with van der Waals surface area (Å²) < 4.78 is 11.9. The molecule has 0 amide bonds. The maximum Gasteiger partial charge on any atom is 0.231 e. The predicted molar refractivity (Wildman–Crippen MR) is 116 cm³/mol. The van der Waals surface area contributed by atoms with Crippen molar-refractivity contribution in [1.82, 2.24) is 0 Å². The van der Waals surface area contributed by atoms with Crippen molar-refractivity contribution in [3.8, 4) is 11.5 Å². The molecular weight excluding hydrogens is 407 g/mol. The van der Waals surface area contributed by atoms with E-state index in [0.29, 0.717) is 39.3 Å². The zero-order chi connectivity index (χ0) is 20.5. The number of rotatable bonds is 4. The second-order valence-corrected chi connectivity index (χ2v) is 7.73. The first-order chi connectivity index (χ1) is 13.9. The van der Waals surface area contributed by atoms with Gasteiger partial charge in [0.2, 0.25) is 5.78 Å². The fourth-order valence-corrected chi connectivity index (χ4v) is 3.67. The van der Waals surface area contributed by atoms with Gasteiger partial charge in [-0.2, -0.15) is 0 Å². The largest absolute Gasteiger partial charge is 0.488 e. The van der Waals surface area contributed by atoms with Crippen molar-refractivity contribution in [2.75, 3.05) is 0 Å². The number of ether oxygens (including phenoxy) is 2. The van der Waals surface area contributed by atoms with Crippen LogP contribution in [-0.2, 0) is 6.61 Å². The van der Waals surface area contributed by atoms with Gasteiger partial charge in [-0.1, -0.05) is 53.5 Å². The van der Waals surface area contributed by atoms with Crippen LogP contribution in [0.3, 0.4) is 0 Å². The van der Waals surface area contributed by atoms with Gasteiger partial charge in [-0.15, -0.1) is 0 Å². The lowest BCUT2D eigenvalue weighted by molar-refractivity contribution is 0.101. The molecule has 1 aliphatic rings. The monoisotopic (exact) mass is 424 g/mol. The molecular formula is C24H18Cl2O3. The lowest BCUT2D eigenvalue weighted by Crippen LogP contribution is -2.00. The molecule has 0 unspecified atom stereocenters. The highest BCUT2D eigenvalue weighted by atomic mass is 35.5. The predicted octanol–water partition coefficient (Wildman–Crippen LogP) is 6.81. The number of hydrogen-bond donors (Lipinski definition) is 0. The number of ketones is 1. The van der Waals surface area contributed by atoms with Crippen LogP contribution >= 0.6 is 23.2 Å². The van der Waals surface area contributed by atoms with Gasteiger partial charge in [0.15, 0.2) is 5.76 Å². The Morgan fingerprint density at radius 2 is 1.83 bits per heavy atom. The number of carbonyl (C=O) groups is 1. The fourth-order valence-electron chi connectivity index (χ4n) is 3.21. The maximum atomic E-state index is 12.8. The standard InChI is InChI=1S/C24H18Cl2O3/c1-14-5-3-4-6-17(14)13-28-21-10-9-19-23(27)22(29-24(19)15(21)2)11-16-7-8-18(25)12-20(16)26/h3-12H,13H2,1-2H3/b22-11-. The second-order valence-electron chi connectivity index (χ2n) is 6.89. The SMILES string of the molecule is Cc1ccccc1COc1ccc2c(c1C)O/C(=C\c1ccc(Cl)cc1Cl)C2=O. The lowest BCUT2D eigenvalue weighted by Gasteiger charge is -2.12. The Morgan fingerprint density at radius 3 is 2.59 bits per heavy atom. The second kappa shape index (κ2) is 7.94. The van der Waals surface area contributed by atoms with E-state index in [2.05, 4.69) is 13.0 Å². The highest BCUT2D eigenvalue weighted by Crippen LogP contribution is 2.40. The molecule has 3 aromatic carbocycles. The number of Topliss-reactive ketones (excluding diaryl/α,β-unsaturated/α-hetero) is 1. The minimum Gasteiger partial charge on any atom is -0.488 e. The molecule has 0 spiro atoms. The smallest absolute Gasteiger partial charge is 0.231 e. The first-order valence-corrected chi connectivity index (χ1v) is 9.90. The van der Waals surface area contributed by atoms with Gasteiger partial charge in [0.1, 0.15) is 18.1 Å². The van der Waals surface area contributed by atoms with Gasteiger partial charge in [0.05, 0.1) is 5.56 Å². The summed E-state index contributed by atoms with van der Waals surface area (Å²) in [5.74, 6) is 1.25. The van der Waals surface area contributed by atoms with Crippen molar-refractivity contribution in [2.45, 2.75) is 20.5 Å². The van der Waals surface area contributed by atoms with E-state index in [1.165, 1.54) is 5.56 Å². The first kappa shape index (κ1) is 19.6. The van der Waals surface area contributed by atoms with Gasteiger partial charge in [0, 0.05) is 15.6 Å². The average molecular weight is 425 g/mol. The highest BCUT2D eigenvalue weighted by molar-refractivity contribution is 6.35. The Labute approximate surface area is 179 Å². The molecule has 0 saturated carbocycles. The van der Waals surface area contributed by atoms with Crippen molar-refractivity contribution in [2.24, 2.45) is 0 Å². The normalized spacial score (nSPS) is 14.1. The topological polar surface area (TPSA) is 35.5 Å². The zero-order valence-corrected chi connectivity index (χ0v) is 17.5. The summed E-state index contributed by atoms with van der Waals surface area (Å²) in [5.41, 5.74) is 4.25. The molecule has 3 aromatic rings. The molecule has 5 heteroatoms. The van der Waals surface area contributed by atoms with Gasteiger partial charge in [-0.25, -0.2) is 0 Å². The molecule has 3 nitrogen and oxygen atoms in total. The molecule has 29 heavy (non-hydrogen) atoms. The number of fused-ring (bicyclic) bond motifs is 1. The summed E-state index contributed by atoms with van der Waals surface area (Å²) in [5, 5.41) is 0.988. The Balaban J connectivity index is 1.60. The number of halogens is 2. The van der Waals surface area contributed by atoms with Crippen LogP contribution < -0.4 is 9.47 Å². The summed E-state index contributed by atoms with van der Waals surface area (Å²) in [6.45, 7) is 4.38. The van der Waals surface area contributed by atoms with Crippen LogP contribution in [0.15, 0.2) is 60.4 Å². The molecule has 4 rings (SSSR count). The van der Waals surface area contributed by atoms with E-state index in [-0.39, 0.29) is 11.5 Å². The van der Waals surface area contributed by atoms with Crippen LogP contribution in [0.5, 0.6) is 11.5 Å². The minimum absolute atomic E-state index is 0.181. The molecule has 0 atom stereocenters. The Hall–Kier alpha value is -2.75. The number of allylic oxidation sites excluding steroid dienone is 1. The summed E-state index contributed by atoms with van der Waals surface area (Å²) >= 11 is 12.2. The van der Waals surface area contributed by atoms with Crippen LogP contribution in [0.1, 0.15) is 32.6 Å². The van der Waals surface area contributed by atoms with Gasteiger partial charge in [-0.05, 0) is 60.9 Å². The third kappa shape index (κ3) is 3.89. The van der Waals surface area contributed by atoms with Gasteiger partial charge < -0.3 is 9.47 Å². The summed E-state index contributed by atoms with van der Waals surface area (Å²) in [6.07, 6.45) is 1.63. The van der Waals surface area contributed by atoms with Crippen molar-refractivity contribution >= 4 is 35.1 Å². The number of benzene rings is 3. The number of hydrogen-bond acceptors (Lipinski definition) is 3. The van der Waals surface area contributed by atoms with Gasteiger partial charge in [-0.3, -0.25) is 4.79 Å².